The monoisotopic (exact) mass is 469 g/mol. The molecule has 172 valence electrons. The number of hydrogen-bond donors (Lipinski definition) is 2. The molecule has 3 heterocycles. The first-order valence-electron chi connectivity index (χ1n) is 10.5. The maximum Gasteiger partial charge on any atom is 0.245 e. The Morgan fingerprint density at radius 1 is 1.03 bits per heavy atom. The summed E-state index contributed by atoms with van der Waals surface area (Å²) < 4.78 is 1.47. The molecule has 1 saturated heterocycles. The lowest BCUT2D eigenvalue weighted by atomic mass is 10.2. The number of nitrogens with one attached hydrogen (secondary N) is 2. The highest BCUT2D eigenvalue weighted by Crippen LogP contribution is 2.21. The molecule has 0 atom stereocenters. The fourth-order valence-electron chi connectivity index (χ4n) is 3.44. The zero-order valence-corrected chi connectivity index (χ0v) is 18.9. The highest BCUT2D eigenvalue weighted by Gasteiger charge is 2.21. The molecule has 1 aliphatic rings. The maximum atomic E-state index is 12.4. The van der Waals surface area contributed by atoms with Gasteiger partial charge in [0.15, 0.2) is 0 Å². The number of carbonyl (C=O) groups excluding carboxylic acids is 2. The van der Waals surface area contributed by atoms with Crippen LogP contribution in [-0.2, 0) is 16.1 Å². The van der Waals surface area contributed by atoms with Gasteiger partial charge in [-0.3, -0.25) is 19.2 Å². The van der Waals surface area contributed by atoms with Crippen LogP contribution in [0.5, 0.6) is 0 Å². The molecule has 2 amide bonds. The second-order valence-electron chi connectivity index (χ2n) is 7.56. The van der Waals surface area contributed by atoms with E-state index in [1.807, 2.05) is 24.3 Å². The highest BCUT2D eigenvalue weighted by molar-refractivity contribution is 6.30. The number of nitrogens with zero attached hydrogens (tertiary/aromatic N) is 7. The van der Waals surface area contributed by atoms with Gasteiger partial charge in [-0.05, 0) is 12.1 Å². The predicted molar refractivity (Wildman–Crippen MR) is 124 cm³/mol. The lowest BCUT2D eigenvalue weighted by Crippen LogP contribution is -2.49. The van der Waals surface area contributed by atoms with Gasteiger partial charge < -0.3 is 15.5 Å². The summed E-state index contributed by atoms with van der Waals surface area (Å²) in [5.41, 5.74) is 2.21. The van der Waals surface area contributed by atoms with E-state index >= 15 is 0 Å². The summed E-state index contributed by atoms with van der Waals surface area (Å²) in [6.45, 7) is 3.12. The van der Waals surface area contributed by atoms with Crippen molar-refractivity contribution < 1.29 is 9.59 Å². The number of likely N-dealkylation sites (N-methyl/N-ethyl adjacent to an activating group) is 1. The van der Waals surface area contributed by atoms with Crippen LogP contribution in [0.1, 0.15) is 0 Å². The van der Waals surface area contributed by atoms with Crippen molar-refractivity contribution in [3.63, 3.8) is 0 Å². The molecule has 3 aromatic rings. The Morgan fingerprint density at radius 2 is 1.79 bits per heavy atom. The molecular weight excluding hydrogens is 446 g/mol. The van der Waals surface area contributed by atoms with Crippen molar-refractivity contribution in [3.05, 3.63) is 47.9 Å². The van der Waals surface area contributed by atoms with Crippen molar-refractivity contribution in [1.82, 2.24) is 35.2 Å². The second kappa shape index (κ2) is 10.4. The number of carbonyl (C=O) groups is 2. The molecule has 0 unspecified atom stereocenters. The Kier molecular flexibility index (Phi) is 7.10. The number of aromatic nitrogens is 5. The zero-order valence-electron chi connectivity index (χ0n) is 18.1. The Labute approximate surface area is 195 Å². The molecule has 0 aliphatic carbocycles. The molecule has 2 N–H and O–H groups in total. The van der Waals surface area contributed by atoms with Crippen LogP contribution in [0.25, 0.3) is 11.3 Å². The molecular formula is C21H24ClN9O2. The number of anilines is 2. The molecule has 1 aliphatic heterocycles. The SMILES string of the molecule is CNC(=O)Cn1cc(NC(=O)CN2CCN(c3nncc(-c4ccc(Cl)cc4)n3)CC2)cn1. The summed E-state index contributed by atoms with van der Waals surface area (Å²) in [6, 6.07) is 7.43. The van der Waals surface area contributed by atoms with Gasteiger partial charge in [0.2, 0.25) is 17.8 Å². The molecule has 0 radical (unpaired) electrons. The predicted octanol–water partition coefficient (Wildman–Crippen LogP) is 0.895. The average molecular weight is 470 g/mol. The van der Waals surface area contributed by atoms with Crippen molar-refractivity contribution in [2.24, 2.45) is 0 Å². The molecule has 1 aromatic carbocycles. The van der Waals surface area contributed by atoms with Crippen LogP contribution in [0.4, 0.5) is 11.6 Å². The number of benzene rings is 1. The van der Waals surface area contributed by atoms with E-state index in [0.29, 0.717) is 42.8 Å². The molecule has 2 aromatic heterocycles. The molecule has 1 fully saturated rings. The summed E-state index contributed by atoms with van der Waals surface area (Å²) >= 11 is 5.96. The Balaban J connectivity index is 1.28. The Hall–Kier alpha value is -3.57. The minimum absolute atomic E-state index is 0.102. The minimum atomic E-state index is -0.160. The average Bonchev–Trinajstić information content (AvgIpc) is 3.26. The topological polar surface area (TPSA) is 121 Å². The summed E-state index contributed by atoms with van der Waals surface area (Å²) in [7, 11) is 1.56. The van der Waals surface area contributed by atoms with Crippen molar-refractivity contribution >= 4 is 35.1 Å². The fourth-order valence-corrected chi connectivity index (χ4v) is 3.56. The molecule has 12 heteroatoms. The lowest BCUT2D eigenvalue weighted by molar-refractivity contribution is -0.121. The van der Waals surface area contributed by atoms with Crippen LogP contribution in [0.15, 0.2) is 42.9 Å². The third kappa shape index (κ3) is 6.02. The van der Waals surface area contributed by atoms with Crippen molar-refractivity contribution in [1.29, 1.82) is 0 Å². The van der Waals surface area contributed by atoms with Crippen LogP contribution in [0.3, 0.4) is 0 Å². The summed E-state index contributed by atoms with van der Waals surface area (Å²) in [5.74, 6) is 0.271. The standard InChI is InChI=1S/C21H24ClN9O2/c1-23-19(32)14-31-12-17(10-25-31)26-20(33)13-29-6-8-30(9-7-29)21-27-18(11-24-28-21)15-2-4-16(22)5-3-15/h2-5,10-12H,6-9,13-14H2,1H3,(H,23,32)(H,26,33). The Morgan fingerprint density at radius 3 is 2.52 bits per heavy atom. The van der Waals surface area contributed by atoms with Crippen LogP contribution in [-0.4, -0.2) is 81.4 Å². The molecule has 11 nitrogen and oxygen atoms in total. The van der Waals surface area contributed by atoms with Gasteiger partial charge in [-0.1, -0.05) is 23.7 Å². The van der Waals surface area contributed by atoms with E-state index in [2.05, 4.69) is 40.7 Å². The highest BCUT2D eigenvalue weighted by atomic mass is 35.5. The van der Waals surface area contributed by atoms with Crippen molar-refractivity contribution in [3.8, 4) is 11.3 Å². The van der Waals surface area contributed by atoms with Gasteiger partial charge in [0.05, 0.1) is 30.3 Å². The molecule has 33 heavy (non-hydrogen) atoms. The van der Waals surface area contributed by atoms with E-state index < -0.39 is 0 Å². The molecule has 4 rings (SSSR count). The maximum absolute atomic E-state index is 12.4. The summed E-state index contributed by atoms with van der Waals surface area (Å²) in [4.78, 5) is 32.6. The van der Waals surface area contributed by atoms with Crippen LogP contribution in [0, 0.1) is 0 Å². The quantitative estimate of drug-likeness (QED) is 0.523. The fraction of sp³-hybridized carbons (Fsp3) is 0.333. The number of piperazine rings is 1. The zero-order chi connectivity index (χ0) is 23.2. The second-order valence-corrected chi connectivity index (χ2v) is 8.00. The summed E-state index contributed by atoms with van der Waals surface area (Å²) in [6.07, 6.45) is 4.78. The van der Waals surface area contributed by atoms with Crippen LogP contribution >= 0.6 is 11.6 Å². The van der Waals surface area contributed by atoms with Gasteiger partial charge >= 0.3 is 0 Å². The third-order valence-electron chi connectivity index (χ3n) is 5.21. The van der Waals surface area contributed by atoms with Gasteiger partial charge in [0.25, 0.3) is 0 Å². The number of hydrogen-bond acceptors (Lipinski definition) is 8. The molecule has 0 saturated carbocycles. The van der Waals surface area contributed by atoms with E-state index in [9.17, 15) is 9.59 Å². The van der Waals surface area contributed by atoms with Gasteiger partial charge in [0.1, 0.15) is 6.54 Å². The van der Waals surface area contributed by atoms with Crippen molar-refractivity contribution in [2.75, 3.05) is 50.0 Å². The molecule has 0 spiro atoms. The van der Waals surface area contributed by atoms with E-state index in [4.69, 9.17) is 11.6 Å². The lowest BCUT2D eigenvalue weighted by Gasteiger charge is -2.34. The Bertz CT molecular complexity index is 1110. The van der Waals surface area contributed by atoms with Crippen LogP contribution in [0.2, 0.25) is 5.02 Å². The van der Waals surface area contributed by atoms with E-state index in [1.54, 1.807) is 19.4 Å². The first kappa shape index (κ1) is 22.6. The van der Waals surface area contributed by atoms with E-state index in [-0.39, 0.29) is 24.9 Å². The van der Waals surface area contributed by atoms with Gasteiger partial charge in [-0.15, -0.1) is 5.10 Å². The number of halogens is 1. The first-order valence-corrected chi connectivity index (χ1v) is 10.8. The molecule has 0 bridgehead atoms. The van der Waals surface area contributed by atoms with Gasteiger partial charge in [0, 0.05) is 50.0 Å². The minimum Gasteiger partial charge on any atom is -0.358 e. The number of rotatable bonds is 7. The van der Waals surface area contributed by atoms with Gasteiger partial charge in [-0.25, -0.2) is 4.98 Å². The van der Waals surface area contributed by atoms with Gasteiger partial charge in [-0.2, -0.15) is 10.2 Å². The number of amides is 2. The summed E-state index contributed by atoms with van der Waals surface area (Å²) in [5, 5.41) is 18.4. The third-order valence-corrected chi connectivity index (χ3v) is 5.46. The van der Waals surface area contributed by atoms with Crippen LogP contribution < -0.4 is 15.5 Å². The van der Waals surface area contributed by atoms with Crippen molar-refractivity contribution in [2.45, 2.75) is 6.54 Å². The van der Waals surface area contributed by atoms with E-state index in [1.165, 1.54) is 10.9 Å². The van der Waals surface area contributed by atoms with E-state index in [0.717, 1.165) is 11.3 Å². The first-order chi connectivity index (χ1) is 16.0. The normalized spacial score (nSPS) is 14.2. The smallest absolute Gasteiger partial charge is 0.245 e. The largest absolute Gasteiger partial charge is 0.358 e.